The molecular formula is C17H13ClFNO3. The van der Waals surface area contributed by atoms with Crippen LogP contribution in [0.5, 0.6) is 11.5 Å². The minimum absolute atomic E-state index is 0.147. The Morgan fingerprint density at radius 2 is 2.13 bits per heavy atom. The predicted molar refractivity (Wildman–Crippen MR) is 82.5 cm³/mol. The van der Waals surface area contributed by atoms with Gasteiger partial charge in [0.25, 0.3) is 5.91 Å². The molecule has 0 aromatic heterocycles. The molecule has 0 bridgehead atoms. The summed E-state index contributed by atoms with van der Waals surface area (Å²) in [5, 5.41) is 0.349. The van der Waals surface area contributed by atoms with Gasteiger partial charge in [-0.05, 0) is 48.2 Å². The van der Waals surface area contributed by atoms with Crippen molar-refractivity contribution in [1.82, 2.24) is 0 Å². The first kappa shape index (κ1) is 14.3. The molecule has 4 rings (SSSR count). The van der Waals surface area contributed by atoms with E-state index in [9.17, 15) is 9.18 Å². The molecule has 2 N–H and O–H groups in total. The molecular weight excluding hydrogens is 321 g/mol. The maximum absolute atomic E-state index is 14.0. The van der Waals surface area contributed by atoms with Crippen LogP contribution in [-0.4, -0.2) is 12.2 Å². The van der Waals surface area contributed by atoms with Crippen molar-refractivity contribution in [1.29, 1.82) is 0 Å². The number of fused-ring (bicyclic) bond motifs is 2. The van der Waals surface area contributed by atoms with Gasteiger partial charge in [-0.2, -0.15) is 0 Å². The Kier molecular flexibility index (Phi) is 3.20. The van der Waals surface area contributed by atoms with E-state index in [1.807, 2.05) is 0 Å². The van der Waals surface area contributed by atoms with Gasteiger partial charge < -0.3 is 15.2 Å². The summed E-state index contributed by atoms with van der Waals surface area (Å²) in [6, 6.07) is 8.06. The van der Waals surface area contributed by atoms with Crippen LogP contribution in [0.2, 0.25) is 5.02 Å². The van der Waals surface area contributed by atoms with Crippen molar-refractivity contribution in [2.24, 2.45) is 5.73 Å². The Morgan fingerprint density at radius 1 is 1.30 bits per heavy atom. The van der Waals surface area contributed by atoms with Crippen LogP contribution in [0.4, 0.5) is 4.39 Å². The molecule has 4 nitrogen and oxygen atoms in total. The first-order chi connectivity index (χ1) is 11.0. The second kappa shape index (κ2) is 5.13. The van der Waals surface area contributed by atoms with E-state index < -0.39 is 12.2 Å². The van der Waals surface area contributed by atoms with Gasteiger partial charge in [0, 0.05) is 5.02 Å². The molecule has 23 heavy (non-hydrogen) atoms. The number of ether oxygens (including phenoxy) is 2. The minimum atomic E-state index is -0.621. The van der Waals surface area contributed by atoms with Crippen LogP contribution in [-0.2, 0) is 6.42 Å². The second-order valence-corrected chi connectivity index (χ2v) is 6.14. The number of primary amides is 1. The molecule has 2 aromatic rings. The number of carbonyl (C=O) groups is 1. The quantitative estimate of drug-likeness (QED) is 0.916. The molecule has 1 amide bonds. The van der Waals surface area contributed by atoms with E-state index in [0.29, 0.717) is 34.9 Å². The monoisotopic (exact) mass is 333 g/mol. The van der Waals surface area contributed by atoms with Gasteiger partial charge in [-0.15, -0.1) is 0 Å². The Labute approximate surface area is 136 Å². The lowest BCUT2D eigenvalue weighted by Crippen LogP contribution is -2.26. The summed E-state index contributed by atoms with van der Waals surface area (Å²) in [6.07, 6.45) is 0.673. The molecule has 0 spiro atoms. The molecule has 0 saturated heterocycles. The maximum Gasteiger partial charge on any atom is 0.252 e. The topological polar surface area (TPSA) is 61.6 Å². The maximum atomic E-state index is 14.0. The van der Waals surface area contributed by atoms with E-state index in [2.05, 4.69) is 0 Å². The highest BCUT2D eigenvalue weighted by Gasteiger charge is 2.39. The van der Waals surface area contributed by atoms with Gasteiger partial charge in [-0.3, -0.25) is 4.79 Å². The third-order valence-electron chi connectivity index (χ3n) is 4.35. The van der Waals surface area contributed by atoms with Crippen LogP contribution in [0.1, 0.15) is 33.8 Å². The van der Waals surface area contributed by atoms with Crippen molar-refractivity contribution < 1.29 is 18.7 Å². The van der Waals surface area contributed by atoms with Crippen molar-refractivity contribution in [2.45, 2.75) is 25.0 Å². The summed E-state index contributed by atoms with van der Waals surface area (Å²) in [7, 11) is 0. The van der Waals surface area contributed by atoms with E-state index in [4.69, 9.17) is 26.8 Å². The molecule has 118 valence electrons. The summed E-state index contributed by atoms with van der Waals surface area (Å²) in [6.45, 7) is 0. The average Bonchev–Trinajstić information content (AvgIpc) is 3.09. The number of rotatable bonds is 2. The Bertz CT molecular complexity index is 824. The number of carbonyl (C=O) groups excluding carboxylic acids is 1. The third kappa shape index (κ3) is 2.23. The van der Waals surface area contributed by atoms with Crippen molar-refractivity contribution in [2.75, 3.05) is 0 Å². The number of halogens is 2. The highest BCUT2D eigenvalue weighted by Crippen LogP contribution is 2.46. The van der Waals surface area contributed by atoms with E-state index in [0.717, 1.165) is 5.56 Å². The summed E-state index contributed by atoms with van der Waals surface area (Å²) in [5.41, 5.74) is 7.09. The van der Waals surface area contributed by atoms with E-state index in [1.54, 1.807) is 24.3 Å². The van der Waals surface area contributed by atoms with Gasteiger partial charge in [0.2, 0.25) is 6.29 Å². The Hall–Kier alpha value is -2.27. The minimum Gasteiger partial charge on any atom is -0.450 e. The largest absolute Gasteiger partial charge is 0.450 e. The van der Waals surface area contributed by atoms with E-state index in [1.165, 1.54) is 6.07 Å². The fourth-order valence-corrected chi connectivity index (χ4v) is 3.52. The fourth-order valence-electron chi connectivity index (χ4n) is 3.31. The number of nitrogens with two attached hydrogens (primary N) is 1. The van der Waals surface area contributed by atoms with Gasteiger partial charge in [0.05, 0.1) is 11.5 Å². The van der Waals surface area contributed by atoms with Gasteiger partial charge in [0.1, 0.15) is 5.82 Å². The second-order valence-electron chi connectivity index (χ2n) is 5.70. The zero-order chi connectivity index (χ0) is 16.1. The van der Waals surface area contributed by atoms with Crippen LogP contribution < -0.4 is 15.2 Å². The Balaban J connectivity index is 1.69. The highest BCUT2D eigenvalue weighted by atomic mass is 35.5. The van der Waals surface area contributed by atoms with Gasteiger partial charge in [0.15, 0.2) is 11.5 Å². The lowest BCUT2D eigenvalue weighted by molar-refractivity contribution is 0.0239. The van der Waals surface area contributed by atoms with Crippen LogP contribution in [0.15, 0.2) is 30.3 Å². The molecule has 1 heterocycles. The van der Waals surface area contributed by atoms with Crippen LogP contribution in [0, 0.1) is 5.82 Å². The number of para-hydroxylation sites is 1. The van der Waals surface area contributed by atoms with Crippen molar-refractivity contribution in [3.8, 4) is 11.5 Å². The van der Waals surface area contributed by atoms with Crippen molar-refractivity contribution in [3.63, 3.8) is 0 Å². The third-order valence-corrected chi connectivity index (χ3v) is 4.57. The van der Waals surface area contributed by atoms with Crippen LogP contribution in [0.3, 0.4) is 0 Å². The molecule has 1 aliphatic carbocycles. The molecule has 0 fully saturated rings. The first-order valence-electron chi connectivity index (χ1n) is 7.28. The highest BCUT2D eigenvalue weighted by molar-refractivity contribution is 6.30. The predicted octanol–water partition coefficient (Wildman–Crippen LogP) is 3.41. The summed E-state index contributed by atoms with van der Waals surface area (Å²) in [4.78, 5) is 11.5. The van der Waals surface area contributed by atoms with Gasteiger partial charge in [-0.1, -0.05) is 17.7 Å². The number of hydrogen-bond donors (Lipinski definition) is 1. The molecule has 1 aliphatic heterocycles. The van der Waals surface area contributed by atoms with Crippen molar-refractivity contribution in [3.05, 3.63) is 57.9 Å². The van der Waals surface area contributed by atoms with E-state index in [-0.39, 0.29) is 17.3 Å². The lowest BCUT2D eigenvalue weighted by Gasteiger charge is -2.19. The fraction of sp³-hybridized carbons (Fsp3) is 0.235. The van der Waals surface area contributed by atoms with Gasteiger partial charge in [-0.25, -0.2) is 4.39 Å². The SMILES string of the molecule is NC(=O)c1cccc2c1OC([C@@H]1CCc3c(F)cc(Cl)cc31)O2. The summed E-state index contributed by atoms with van der Waals surface area (Å²) >= 11 is 5.97. The number of benzene rings is 2. The van der Waals surface area contributed by atoms with Crippen molar-refractivity contribution >= 4 is 17.5 Å². The average molecular weight is 334 g/mol. The molecule has 2 atom stereocenters. The molecule has 0 saturated carbocycles. The smallest absolute Gasteiger partial charge is 0.252 e. The number of hydrogen-bond acceptors (Lipinski definition) is 3. The number of amides is 1. The van der Waals surface area contributed by atoms with E-state index >= 15 is 0 Å². The zero-order valence-electron chi connectivity index (χ0n) is 12.0. The molecule has 2 aromatic carbocycles. The molecule has 6 heteroatoms. The van der Waals surface area contributed by atoms with Crippen LogP contribution in [0.25, 0.3) is 0 Å². The first-order valence-corrected chi connectivity index (χ1v) is 7.66. The normalized spacial score (nSPS) is 21.3. The summed E-state index contributed by atoms with van der Waals surface area (Å²) in [5.74, 6) is -0.204. The zero-order valence-corrected chi connectivity index (χ0v) is 12.8. The van der Waals surface area contributed by atoms with Gasteiger partial charge >= 0.3 is 0 Å². The molecule has 0 radical (unpaired) electrons. The standard InChI is InChI=1S/C17H13ClFNO3/c18-8-6-12-9(13(19)7-8)4-5-10(12)17-22-14-3-1-2-11(16(20)21)15(14)23-17/h1-3,6-7,10,17H,4-5H2,(H2,20,21)/t10-,17?/m1/s1. The molecule has 2 aliphatic rings. The lowest BCUT2D eigenvalue weighted by atomic mass is 10.0. The van der Waals surface area contributed by atoms with Crippen LogP contribution >= 0.6 is 11.6 Å². The summed E-state index contributed by atoms with van der Waals surface area (Å²) < 4.78 is 25.7. The Morgan fingerprint density at radius 3 is 2.91 bits per heavy atom. The molecule has 1 unspecified atom stereocenters.